The number of amides is 2. The van der Waals surface area contributed by atoms with Gasteiger partial charge in [-0.2, -0.15) is 0 Å². The number of rotatable bonds is 5. The summed E-state index contributed by atoms with van der Waals surface area (Å²) in [4.78, 5) is 22.1. The predicted molar refractivity (Wildman–Crippen MR) is 70.2 cm³/mol. The van der Waals surface area contributed by atoms with Crippen molar-refractivity contribution in [3.8, 4) is 0 Å². The van der Waals surface area contributed by atoms with Crippen LogP contribution in [0, 0.1) is 0 Å². The SMILES string of the molecule is C=CCCNC(=O)Nc1ccc(C(=O)O)cc1Cl. The van der Waals surface area contributed by atoms with E-state index in [-0.39, 0.29) is 10.6 Å². The summed E-state index contributed by atoms with van der Waals surface area (Å²) >= 11 is 5.86. The van der Waals surface area contributed by atoms with Crippen molar-refractivity contribution in [2.45, 2.75) is 6.42 Å². The second-order valence-corrected chi connectivity index (χ2v) is 3.87. The molecule has 0 saturated heterocycles. The summed E-state index contributed by atoms with van der Waals surface area (Å²) in [5.41, 5.74) is 0.426. The van der Waals surface area contributed by atoms with Crippen LogP contribution in [-0.4, -0.2) is 23.7 Å². The summed E-state index contributed by atoms with van der Waals surface area (Å²) in [5.74, 6) is -1.07. The van der Waals surface area contributed by atoms with Crippen molar-refractivity contribution >= 4 is 29.3 Å². The van der Waals surface area contributed by atoms with Crippen LogP contribution in [0.1, 0.15) is 16.8 Å². The number of hydrogen-bond acceptors (Lipinski definition) is 2. The van der Waals surface area contributed by atoms with Crippen LogP contribution >= 0.6 is 11.6 Å². The molecule has 2 amide bonds. The molecule has 18 heavy (non-hydrogen) atoms. The Hall–Kier alpha value is -2.01. The van der Waals surface area contributed by atoms with Crippen molar-refractivity contribution in [2.24, 2.45) is 0 Å². The van der Waals surface area contributed by atoms with Gasteiger partial charge in [0.25, 0.3) is 0 Å². The molecule has 0 bridgehead atoms. The second kappa shape index (κ2) is 6.66. The number of nitrogens with one attached hydrogen (secondary N) is 2. The van der Waals surface area contributed by atoms with Crippen molar-refractivity contribution < 1.29 is 14.7 Å². The van der Waals surface area contributed by atoms with E-state index in [4.69, 9.17) is 16.7 Å². The van der Waals surface area contributed by atoms with Gasteiger partial charge in [-0.05, 0) is 24.6 Å². The van der Waals surface area contributed by atoms with Crippen molar-refractivity contribution in [1.29, 1.82) is 0 Å². The van der Waals surface area contributed by atoms with E-state index in [1.807, 2.05) is 0 Å². The molecule has 3 N–H and O–H groups in total. The number of urea groups is 1. The first kappa shape index (κ1) is 14.1. The lowest BCUT2D eigenvalue weighted by Gasteiger charge is -2.08. The standard InChI is InChI=1S/C12H13ClN2O3/c1-2-3-6-14-12(18)15-10-5-4-8(11(16)17)7-9(10)13/h2,4-5,7H,1,3,6H2,(H,16,17)(H2,14,15,18). The van der Waals surface area contributed by atoms with Gasteiger partial charge in [0.2, 0.25) is 0 Å². The molecule has 96 valence electrons. The fourth-order valence-electron chi connectivity index (χ4n) is 1.20. The second-order valence-electron chi connectivity index (χ2n) is 3.46. The lowest BCUT2D eigenvalue weighted by molar-refractivity contribution is 0.0697. The van der Waals surface area contributed by atoms with Crippen LogP contribution in [0.4, 0.5) is 10.5 Å². The minimum Gasteiger partial charge on any atom is -0.478 e. The average molecular weight is 269 g/mol. The Morgan fingerprint density at radius 1 is 1.44 bits per heavy atom. The number of aromatic carboxylic acids is 1. The number of carbonyl (C=O) groups excluding carboxylic acids is 1. The monoisotopic (exact) mass is 268 g/mol. The maximum absolute atomic E-state index is 11.4. The van der Waals surface area contributed by atoms with Crippen LogP contribution in [0.2, 0.25) is 5.02 Å². The summed E-state index contributed by atoms with van der Waals surface area (Å²) in [6, 6.07) is 3.69. The maximum Gasteiger partial charge on any atom is 0.335 e. The van der Waals surface area contributed by atoms with Crippen LogP contribution in [0.5, 0.6) is 0 Å². The smallest absolute Gasteiger partial charge is 0.335 e. The van der Waals surface area contributed by atoms with Crippen LogP contribution in [0.3, 0.4) is 0 Å². The first-order chi connectivity index (χ1) is 8.54. The number of anilines is 1. The summed E-state index contributed by atoms with van der Waals surface area (Å²) < 4.78 is 0. The van der Waals surface area contributed by atoms with Crippen molar-refractivity contribution in [3.05, 3.63) is 41.4 Å². The van der Waals surface area contributed by atoms with Gasteiger partial charge in [-0.25, -0.2) is 9.59 Å². The van der Waals surface area contributed by atoms with Crippen molar-refractivity contribution in [1.82, 2.24) is 5.32 Å². The molecule has 0 spiro atoms. The van der Waals surface area contributed by atoms with E-state index in [2.05, 4.69) is 17.2 Å². The van der Waals surface area contributed by atoms with Gasteiger partial charge in [0.1, 0.15) is 0 Å². The molecule has 1 aromatic carbocycles. The van der Waals surface area contributed by atoms with E-state index in [0.29, 0.717) is 18.7 Å². The van der Waals surface area contributed by atoms with E-state index in [0.717, 1.165) is 0 Å². The van der Waals surface area contributed by atoms with Gasteiger partial charge in [0.15, 0.2) is 0 Å². The fourth-order valence-corrected chi connectivity index (χ4v) is 1.43. The molecule has 0 saturated carbocycles. The average Bonchev–Trinajstić information content (AvgIpc) is 2.32. The van der Waals surface area contributed by atoms with Gasteiger partial charge >= 0.3 is 12.0 Å². The van der Waals surface area contributed by atoms with Crippen LogP contribution < -0.4 is 10.6 Å². The molecule has 0 aliphatic rings. The normalized spacial score (nSPS) is 9.61. The molecule has 5 nitrogen and oxygen atoms in total. The molecule has 0 aliphatic heterocycles. The number of hydrogen-bond donors (Lipinski definition) is 3. The van der Waals surface area contributed by atoms with Gasteiger partial charge in [-0.1, -0.05) is 17.7 Å². The number of carboxylic acid groups (broad SMARTS) is 1. The Labute approximate surface area is 109 Å². The van der Waals surface area contributed by atoms with Crippen LogP contribution in [0.25, 0.3) is 0 Å². The topological polar surface area (TPSA) is 78.4 Å². The van der Waals surface area contributed by atoms with Crippen molar-refractivity contribution in [3.63, 3.8) is 0 Å². The number of carbonyl (C=O) groups is 2. The van der Waals surface area contributed by atoms with E-state index in [1.165, 1.54) is 18.2 Å². The molecule has 0 unspecified atom stereocenters. The summed E-state index contributed by atoms with van der Waals surface area (Å²) in [7, 11) is 0. The zero-order chi connectivity index (χ0) is 13.5. The van der Waals surface area contributed by atoms with E-state index >= 15 is 0 Å². The molecule has 1 rings (SSSR count). The molecule has 0 atom stereocenters. The van der Waals surface area contributed by atoms with E-state index < -0.39 is 12.0 Å². The minimum absolute atomic E-state index is 0.0672. The first-order valence-corrected chi connectivity index (χ1v) is 5.61. The highest BCUT2D eigenvalue weighted by atomic mass is 35.5. The molecule has 0 fully saturated rings. The van der Waals surface area contributed by atoms with Gasteiger partial charge in [-0.3, -0.25) is 0 Å². The number of halogens is 1. The molecule has 6 heteroatoms. The van der Waals surface area contributed by atoms with Crippen LogP contribution in [-0.2, 0) is 0 Å². The highest BCUT2D eigenvalue weighted by molar-refractivity contribution is 6.34. The largest absolute Gasteiger partial charge is 0.478 e. The Morgan fingerprint density at radius 3 is 2.72 bits per heavy atom. The lowest BCUT2D eigenvalue weighted by Crippen LogP contribution is -2.29. The summed E-state index contributed by atoms with van der Waals surface area (Å²) in [6.07, 6.45) is 2.36. The van der Waals surface area contributed by atoms with Gasteiger partial charge in [-0.15, -0.1) is 6.58 Å². The zero-order valence-corrected chi connectivity index (χ0v) is 10.3. The van der Waals surface area contributed by atoms with E-state index in [9.17, 15) is 9.59 Å². The van der Waals surface area contributed by atoms with Gasteiger partial charge < -0.3 is 15.7 Å². The Morgan fingerprint density at radius 2 is 2.17 bits per heavy atom. The Balaban J connectivity index is 2.65. The third kappa shape index (κ3) is 4.10. The first-order valence-electron chi connectivity index (χ1n) is 5.23. The van der Waals surface area contributed by atoms with Gasteiger partial charge in [0, 0.05) is 6.54 Å². The maximum atomic E-state index is 11.4. The number of benzene rings is 1. The summed E-state index contributed by atoms with van der Waals surface area (Å²) in [6.45, 7) is 4.01. The van der Waals surface area contributed by atoms with Crippen molar-refractivity contribution in [2.75, 3.05) is 11.9 Å². The molecule has 0 aromatic heterocycles. The third-order valence-electron chi connectivity index (χ3n) is 2.10. The highest BCUT2D eigenvalue weighted by Crippen LogP contribution is 2.22. The lowest BCUT2D eigenvalue weighted by atomic mass is 10.2. The third-order valence-corrected chi connectivity index (χ3v) is 2.41. The van der Waals surface area contributed by atoms with E-state index in [1.54, 1.807) is 6.08 Å². The molecule has 0 radical (unpaired) electrons. The molecule has 0 heterocycles. The number of carboxylic acids is 1. The fraction of sp³-hybridized carbons (Fsp3) is 0.167. The zero-order valence-electron chi connectivity index (χ0n) is 9.57. The predicted octanol–water partition coefficient (Wildman–Crippen LogP) is 2.74. The molecular formula is C12H13ClN2O3. The molecular weight excluding hydrogens is 256 g/mol. The Kier molecular flexibility index (Phi) is 5.20. The minimum atomic E-state index is -1.07. The van der Waals surface area contributed by atoms with Gasteiger partial charge in [0.05, 0.1) is 16.3 Å². The Bertz CT molecular complexity index is 474. The van der Waals surface area contributed by atoms with Crippen LogP contribution in [0.15, 0.2) is 30.9 Å². The molecule has 1 aromatic rings. The highest BCUT2D eigenvalue weighted by Gasteiger charge is 2.08. The summed E-state index contributed by atoms with van der Waals surface area (Å²) in [5, 5.41) is 14.1. The molecule has 0 aliphatic carbocycles. The quantitative estimate of drug-likeness (QED) is 0.567.